The van der Waals surface area contributed by atoms with E-state index in [4.69, 9.17) is 0 Å². The quantitative estimate of drug-likeness (QED) is 0.668. The van der Waals surface area contributed by atoms with Gasteiger partial charge in [-0.15, -0.1) is 0 Å². The summed E-state index contributed by atoms with van der Waals surface area (Å²) in [4.78, 5) is 42.1. The molecule has 0 aliphatic carbocycles. The highest BCUT2D eigenvalue weighted by atomic mass is 19.1. The summed E-state index contributed by atoms with van der Waals surface area (Å²) >= 11 is 0. The fraction of sp³-hybridized carbons (Fsp3) is 0.550. The number of carbonyl (C=O) groups excluding carboxylic acids is 3. The molecule has 1 aromatic carbocycles. The van der Waals surface area contributed by atoms with E-state index in [9.17, 15) is 18.8 Å². The van der Waals surface area contributed by atoms with Gasteiger partial charge in [0.2, 0.25) is 5.91 Å². The molecule has 3 rings (SSSR count). The zero-order chi connectivity index (χ0) is 21.0. The number of piperazine rings is 1. The van der Waals surface area contributed by atoms with Crippen LogP contribution in [-0.4, -0.2) is 78.0 Å². The summed E-state index contributed by atoms with van der Waals surface area (Å²) < 4.78 is 12.9. The Morgan fingerprint density at radius 2 is 1.76 bits per heavy atom. The average molecular weight is 405 g/mol. The van der Waals surface area contributed by atoms with Gasteiger partial charge in [-0.1, -0.05) is 13.8 Å². The summed E-state index contributed by atoms with van der Waals surface area (Å²) in [7, 11) is 0. The molecule has 4 amide bonds. The molecule has 1 unspecified atom stereocenters. The van der Waals surface area contributed by atoms with Gasteiger partial charge in [-0.05, 0) is 36.6 Å². The van der Waals surface area contributed by atoms with Crippen LogP contribution in [0.25, 0.3) is 0 Å². The van der Waals surface area contributed by atoms with Gasteiger partial charge in [0.25, 0.3) is 5.91 Å². The third-order valence-corrected chi connectivity index (χ3v) is 5.12. The van der Waals surface area contributed by atoms with Crippen molar-refractivity contribution in [2.75, 3.05) is 44.7 Å². The zero-order valence-electron chi connectivity index (χ0n) is 16.9. The number of anilines is 1. The fourth-order valence-electron chi connectivity index (χ4n) is 3.57. The number of rotatable bonds is 7. The highest BCUT2D eigenvalue weighted by Gasteiger charge is 2.39. The summed E-state index contributed by atoms with van der Waals surface area (Å²) in [6, 6.07) is 4.89. The molecule has 29 heavy (non-hydrogen) atoms. The molecule has 2 fully saturated rings. The Hall–Kier alpha value is -2.52. The SMILES string of the molecule is CC(C)CC1NC(=O)N(CN2CCN(CC(=O)Nc3ccc(F)cc3)CC2)C1=O. The van der Waals surface area contributed by atoms with Crippen molar-refractivity contribution in [3.8, 4) is 0 Å². The molecule has 2 N–H and O–H groups in total. The smallest absolute Gasteiger partial charge is 0.325 e. The van der Waals surface area contributed by atoms with Crippen molar-refractivity contribution in [1.82, 2.24) is 20.0 Å². The van der Waals surface area contributed by atoms with Crippen molar-refractivity contribution in [3.63, 3.8) is 0 Å². The second kappa shape index (κ2) is 9.32. The van der Waals surface area contributed by atoms with Crippen LogP contribution < -0.4 is 10.6 Å². The van der Waals surface area contributed by atoms with Crippen LogP contribution >= 0.6 is 0 Å². The number of nitrogens with zero attached hydrogens (tertiary/aromatic N) is 3. The minimum absolute atomic E-state index is 0.157. The first-order chi connectivity index (χ1) is 13.8. The number of imide groups is 1. The summed E-state index contributed by atoms with van der Waals surface area (Å²) in [5, 5.41) is 5.51. The van der Waals surface area contributed by atoms with Crippen LogP contribution in [0.5, 0.6) is 0 Å². The molecule has 2 heterocycles. The van der Waals surface area contributed by atoms with Crippen LogP contribution in [0.3, 0.4) is 0 Å². The molecule has 0 saturated carbocycles. The van der Waals surface area contributed by atoms with Gasteiger partial charge in [-0.3, -0.25) is 19.4 Å². The Labute approximate surface area is 170 Å². The molecular formula is C20H28FN5O3. The van der Waals surface area contributed by atoms with Gasteiger partial charge in [-0.2, -0.15) is 0 Å². The van der Waals surface area contributed by atoms with Gasteiger partial charge in [-0.25, -0.2) is 14.1 Å². The van der Waals surface area contributed by atoms with Crippen molar-refractivity contribution in [1.29, 1.82) is 0 Å². The van der Waals surface area contributed by atoms with E-state index in [1.54, 1.807) is 0 Å². The van der Waals surface area contributed by atoms with Crippen LogP contribution in [0, 0.1) is 11.7 Å². The van der Waals surface area contributed by atoms with E-state index < -0.39 is 6.04 Å². The normalized spacial score (nSPS) is 21.0. The van der Waals surface area contributed by atoms with Gasteiger partial charge >= 0.3 is 6.03 Å². The lowest BCUT2D eigenvalue weighted by Gasteiger charge is -2.35. The predicted octanol–water partition coefficient (Wildman–Crippen LogP) is 1.31. The maximum absolute atomic E-state index is 12.9. The molecule has 2 saturated heterocycles. The minimum Gasteiger partial charge on any atom is -0.326 e. The lowest BCUT2D eigenvalue weighted by Crippen LogP contribution is -2.52. The fourth-order valence-corrected chi connectivity index (χ4v) is 3.57. The second-order valence-electron chi connectivity index (χ2n) is 7.99. The maximum atomic E-state index is 12.9. The molecule has 0 aromatic heterocycles. The molecular weight excluding hydrogens is 377 g/mol. The Morgan fingerprint density at radius 3 is 2.38 bits per heavy atom. The highest BCUT2D eigenvalue weighted by Crippen LogP contribution is 2.15. The molecule has 1 atom stereocenters. The lowest BCUT2D eigenvalue weighted by atomic mass is 10.0. The number of nitrogens with one attached hydrogen (secondary N) is 2. The first-order valence-electron chi connectivity index (χ1n) is 9.94. The molecule has 8 nitrogen and oxygen atoms in total. The third kappa shape index (κ3) is 5.74. The van der Waals surface area contributed by atoms with E-state index >= 15 is 0 Å². The summed E-state index contributed by atoms with van der Waals surface area (Å²) in [6.07, 6.45) is 0.637. The molecule has 0 radical (unpaired) electrons. The predicted molar refractivity (Wildman–Crippen MR) is 107 cm³/mol. The summed E-state index contributed by atoms with van der Waals surface area (Å²) in [6.45, 7) is 7.21. The van der Waals surface area contributed by atoms with E-state index in [0.717, 1.165) is 0 Å². The van der Waals surface area contributed by atoms with Gasteiger partial charge in [0, 0.05) is 31.9 Å². The number of hydrogen-bond donors (Lipinski definition) is 2. The number of benzene rings is 1. The van der Waals surface area contributed by atoms with Crippen molar-refractivity contribution in [3.05, 3.63) is 30.1 Å². The van der Waals surface area contributed by atoms with Crippen LogP contribution in [0.2, 0.25) is 0 Å². The monoisotopic (exact) mass is 405 g/mol. The number of urea groups is 1. The van der Waals surface area contributed by atoms with Gasteiger partial charge in [0.15, 0.2) is 0 Å². The van der Waals surface area contributed by atoms with E-state index in [1.165, 1.54) is 29.2 Å². The molecule has 0 spiro atoms. The second-order valence-corrected chi connectivity index (χ2v) is 7.99. The number of halogens is 1. The van der Waals surface area contributed by atoms with E-state index in [0.29, 0.717) is 44.2 Å². The van der Waals surface area contributed by atoms with Crippen LogP contribution in [0.4, 0.5) is 14.9 Å². The van der Waals surface area contributed by atoms with Gasteiger partial charge in [0.05, 0.1) is 13.2 Å². The van der Waals surface area contributed by atoms with Crippen LogP contribution in [0.15, 0.2) is 24.3 Å². The van der Waals surface area contributed by atoms with Crippen molar-refractivity contribution in [2.45, 2.75) is 26.3 Å². The molecule has 2 aliphatic heterocycles. The minimum atomic E-state index is -0.432. The standard InChI is InChI=1S/C20H28FN5O3/c1-14(2)11-17-19(28)26(20(29)23-17)13-25-9-7-24(8-10-25)12-18(27)22-16-5-3-15(21)4-6-16/h3-6,14,17H,7-13H2,1-2H3,(H,22,27)(H,23,29). The van der Waals surface area contributed by atoms with Crippen LogP contribution in [-0.2, 0) is 9.59 Å². The zero-order valence-corrected chi connectivity index (χ0v) is 16.9. The number of amides is 4. The van der Waals surface area contributed by atoms with Gasteiger partial charge < -0.3 is 10.6 Å². The first-order valence-corrected chi connectivity index (χ1v) is 9.94. The maximum Gasteiger partial charge on any atom is 0.325 e. The van der Waals surface area contributed by atoms with E-state index in [1.807, 2.05) is 23.6 Å². The Bertz CT molecular complexity index is 747. The molecule has 9 heteroatoms. The topological polar surface area (TPSA) is 85.0 Å². The Kier molecular flexibility index (Phi) is 6.81. The summed E-state index contributed by atoms with van der Waals surface area (Å²) in [5.74, 6) is -0.339. The number of hydrogen-bond acceptors (Lipinski definition) is 5. The van der Waals surface area contributed by atoms with Crippen molar-refractivity contribution < 1.29 is 18.8 Å². The molecule has 2 aliphatic rings. The van der Waals surface area contributed by atoms with Crippen molar-refractivity contribution >= 4 is 23.5 Å². The van der Waals surface area contributed by atoms with Gasteiger partial charge in [0.1, 0.15) is 11.9 Å². The summed E-state index contributed by atoms with van der Waals surface area (Å²) in [5.41, 5.74) is 0.560. The largest absolute Gasteiger partial charge is 0.326 e. The van der Waals surface area contributed by atoms with Crippen molar-refractivity contribution in [2.24, 2.45) is 5.92 Å². The number of carbonyl (C=O) groups is 3. The Balaban J connectivity index is 1.42. The van der Waals surface area contributed by atoms with E-state index in [2.05, 4.69) is 10.6 Å². The molecule has 1 aromatic rings. The average Bonchev–Trinajstić information content (AvgIpc) is 2.92. The van der Waals surface area contributed by atoms with Crippen LogP contribution in [0.1, 0.15) is 20.3 Å². The highest BCUT2D eigenvalue weighted by molar-refractivity contribution is 6.04. The molecule has 158 valence electrons. The lowest BCUT2D eigenvalue weighted by molar-refractivity contribution is -0.129. The third-order valence-electron chi connectivity index (χ3n) is 5.12. The molecule has 0 bridgehead atoms. The van der Waals surface area contributed by atoms with E-state index in [-0.39, 0.29) is 36.9 Å². The first kappa shape index (κ1) is 21.2. The Morgan fingerprint density at radius 1 is 1.14 bits per heavy atom.